The molecule has 2 saturated heterocycles. The quantitative estimate of drug-likeness (QED) is 0.873. The van der Waals surface area contributed by atoms with Gasteiger partial charge in [0, 0.05) is 39.0 Å². The second-order valence-corrected chi connectivity index (χ2v) is 8.47. The Hall–Kier alpha value is -0.960. The second-order valence-electron chi connectivity index (χ2n) is 6.53. The van der Waals surface area contributed by atoms with E-state index in [9.17, 15) is 8.42 Å². The lowest BCUT2D eigenvalue weighted by molar-refractivity contribution is -0.112. The summed E-state index contributed by atoms with van der Waals surface area (Å²) in [7, 11) is -1.72. The number of hydrogen-bond acceptors (Lipinski definition) is 5. The van der Waals surface area contributed by atoms with Crippen LogP contribution in [-0.2, 0) is 21.8 Å². The van der Waals surface area contributed by atoms with Gasteiger partial charge in [-0.05, 0) is 32.2 Å². The first-order chi connectivity index (χ1) is 11.0. The number of hydrogen-bond donors (Lipinski definition) is 1. The highest BCUT2D eigenvalue weighted by Gasteiger charge is 2.42. The average Bonchev–Trinajstić information content (AvgIpc) is 2.96. The van der Waals surface area contributed by atoms with Gasteiger partial charge in [-0.25, -0.2) is 8.42 Å². The molecule has 2 aliphatic heterocycles. The van der Waals surface area contributed by atoms with Crippen molar-refractivity contribution in [2.45, 2.75) is 49.1 Å². The van der Waals surface area contributed by atoms with Gasteiger partial charge in [0.25, 0.3) is 0 Å². The summed E-state index contributed by atoms with van der Waals surface area (Å²) in [6, 6.07) is 0.482. The van der Waals surface area contributed by atoms with E-state index in [1.807, 2.05) is 0 Å². The molecule has 0 aliphatic carbocycles. The second kappa shape index (κ2) is 6.51. The van der Waals surface area contributed by atoms with Crippen LogP contribution in [0.3, 0.4) is 0 Å². The summed E-state index contributed by atoms with van der Waals surface area (Å²) >= 11 is 0. The van der Waals surface area contributed by atoms with E-state index in [-0.39, 0.29) is 10.5 Å². The van der Waals surface area contributed by atoms with Gasteiger partial charge in [-0.15, -0.1) is 0 Å². The summed E-state index contributed by atoms with van der Waals surface area (Å²) in [4.78, 5) is 0.269. The largest absolute Gasteiger partial charge is 0.375 e. The highest BCUT2D eigenvalue weighted by molar-refractivity contribution is 7.89. The maximum absolute atomic E-state index is 12.7. The van der Waals surface area contributed by atoms with Crippen LogP contribution >= 0.6 is 0 Å². The Morgan fingerprint density at radius 2 is 2.17 bits per heavy atom. The highest BCUT2D eigenvalue weighted by Crippen LogP contribution is 2.36. The molecule has 2 aliphatic rings. The number of sulfonamides is 1. The molecule has 130 valence electrons. The third-order valence-electron chi connectivity index (χ3n) is 4.94. The van der Waals surface area contributed by atoms with Gasteiger partial charge in [-0.2, -0.15) is 9.40 Å². The Morgan fingerprint density at radius 3 is 2.78 bits per heavy atom. The Balaban J connectivity index is 1.66. The van der Waals surface area contributed by atoms with Gasteiger partial charge < -0.3 is 10.1 Å². The molecule has 1 N–H and O–H groups in total. The average molecular weight is 342 g/mol. The predicted octanol–water partition coefficient (Wildman–Crippen LogP) is 0.732. The molecule has 0 bridgehead atoms. The van der Waals surface area contributed by atoms with E-state index in [1.165, 1.54) is 10.9 Å². The third-order valence-corrected chi connectivity index (χ3v) is 6.79. The zero-order chi connectivity index (χ0) is 16.5. The van der Waals surface area contributed by atoms with E-state index >= 15 is 0 Å². The van der Waals surface area contributed by atoms with Crippen LogP contribution in [0.4, 0.5) is 0 Å². The molecule has 0 aromatic carbocycles. The van der Waals surface area contributed by atoms with Crippen molar-refractivity contribution < 1.29 is 13.2 Å². The van der Waals surface area contributed by atoms with E-state index in [0.29, 0.717) is 19.1 Å². The van der Waals surface area contributed by atoms with Crippen LogP contribution in [0.25, 0.3) is 0 Å². The Kier molecular flexibility index (Phi) is 4.78. The molecule has 0 amide bonds. The smallest absolute Gasteiger partial charge is 0.246 e. The number of nitrogens with one attached hydrogen (secondary N) is 1. The lowest BCUT2D eigenvalue weighted by Gasteiger charge is -2.45. The third kappa shape index (κ3) is 3.45. The molecular weight excluding hydrogens is 316 g/mol. The number of piperidine rings is 1. The monoisotopic (exact) mass is 342 g/mol. The first-order valence-electron chi connectivity index (χ1n) is 8.31. The van der Waals surface area contributed by atoms with Crippen LogP contribution in [0.1, 0.15) is 32.6 Å². The molecule has 1 unspecified atom stereocenters. The van der Waals surface area contributed by atoms with Crippen molar-refractivity contribution in [3.63, 3.8) is 0 Å². The molecule has 23 heavy (non-hydrogen) atoms. The van der Waals surface area contributed by atoms with Crippen LogP contribution < -0.4 is 5.32 Å². The van der Waals surface area contributed by atoms with Gasteiger partial charge in [-0.1, -0.05) is 6.92 Å². The van der Waals surface area contributed by atoms with Crippen molar-refractivity contribution in [2.75, 3.05) is 26.2 Å². The fraction of sp³-hybridized carbons (Fsp3) is 0.800. The van der Waals surface area contributed by atoms with Gasteiger partial charge in [0.2, 0.25) is 10.0 Å². The maximum atomic E-state index is 12.7. The number of rotatable bonds is 4. The fourth-order valence-corrected chi connectivity index (χ4v) is 5.08. The fourth-order valence-electron chi connectivity index (χ4n) is 3.65. The van der Waals surface area contributed by atoms with E-state index in [2.05, 4.69) is 17.3 Å². The van der Waals surface area contributed by atoms with Crippen molar-refractivity contribution in [2.24, 2.45) is 7.05 Å². The molecule has 0 radical (unpaired) electrons. The van der Waals surface area contributed by atoms with Crippen molar-refractivity contribution in [1.29, 1.82) is 0 Å². The number of aryl methyl sites for hydroxylation is 1. The van der Waals surface area contributed by atoms with Gasteiger partial charge in [0.1, 0.15) is 4.90 Å². The molecule has 7 nitrogen and oxygen atoms in total. The van der Waals surface area contributed by atoms with Crippen molar-refractivity contribution in [3.8, 4) is 0 Å². The molecule has 2 fully saturated rings. The predicted molar refractivity (Wildman–Crippen MR) is 86.6 cm³/mol. The number of aromatic nitrogens is 2. The topological polar surface area (TPSA) is 76.5 Å². The van der Waals surface area contributed by atoms with Gasteiger partial charge in [-0.3, -0.25) is 4.68 Å². The van der Waals surface area contributed by atoms with E-state index in [0.717, 1.165) is 38.8 Å². The van der Waals surface area contributed by atoms with Crippen molar-refractivity contribution in [1.82, 2.24) is 19.4 Å². The molecular formula is C15H26N4O3S. The molecule has 1 atom stereocenters. The Labute approximate surface area is 138 Å². The van der Waals surface area contributed by atoms with Crippen LogP contribution in [0.15, 0.2) is 17.3 Å². The first kappa shape index (κ1) is 16.9. The minimum atomic E-state index is -3.44. The van der Waals surface area contributed by atoms with Crippen LogP contribution in [0.5, 0.6) is 0 Å². The van der Waals surface area contributed by atoms with Gasteiger partial charge in [0.05, 0.1) is 11.8 Å². The van der Waals surface area contributed by atoms with Crippen molar-refractivity contribution in [3.05, 3.63) is 12.4 Å². The summed E-state index contributed by atoms with van der Waals surface area (Å²) in [5, 5.41) is 7.47. The molecule has 0 saturated carbocycles. The Morgan fingerprint density at radius 1 is 1.43 bits per heavy atom. The summed E-state index contributed by atoms with van der Waals surface area (Å²) < 4.78 is 34.5. The summed E-state index contributed by atoms with van der Waals surface area (Å²) in [5.74, 6) is 0. The van der Waals surface area contributed by atoms with Crippen LogP contribution in [-0.4, -0.2) is 60.4 Å². The summed E-state index contributed by atoms with van der Waals surface area (Å²) in [6.07, 6.45) is 6.49. The maximum Gasteiger partial charge on any atom is 0.246 e. The SMILES string of the molecule is CCNC1CCOC2(CCN(S(=O)(=O)c3cnn(C)c3)CC2)C1. The minimum absolute atomic E-state index is 0.161. The number of nitrogens with zero attached hydrogens (tertiary/aromatic N) is 3. The lowest BCUT2D eigenvalue weighted by atomic mass is 9.83. The summed E-state index contributed by atoms with van der Waals surface area (Å²) in [5.41, 5.74) is -0.161. The van der Waals surface area contributed by atoms with Crippen LogP contribution in [0.2, 0.25) is 0 Å². The minimum Gasteiger partial charge on any atom is -0.375 e. The van der Waals surface area contributed by atoms with Gasteiger partial charge in [0.15, 0.2) is 0 Å². The standard InChI is InChI=1S/C15H26N4O3S/c1-3-16-13-4-9-22-15(10-13)5-7-19(8-6-15)23(20,21)14-11-17-18(2)12-14/h11-13,16H,3-10H2,1-2H3. The molecule has 1 spiro atoms. The number of ether oxygens (including phenoxy) is 1. The zero-order valence-electron chi connectivity index (χ0n) is 13.9. The molecule has 1 aromatic heterocycles. The summed E-state index contributed by atoms with van der Waals surface area (Å²) in [6.45, 7) is 4.85. The lowest BCUT2D eigenvalue weighted by Crippen LogP contribution is -2.53. The van der Waals surface area contributed by atoms with E-state index < -0.39 is 10.0 Å². The Bertz CT molecular complexity index is 633. The molecule has 1 aromatic rings. The first-order valence-corrected chi connectivity index (χ1v) is 9.75. The zero-order valence-corrected chi connectivity index (χ0v) is 14.7. The van der Waals surface area contributed by atoms with E-state index in [4.69, 9.17) is 4.74 Å². The molecule has 3 rings (SSSR count). The van der Waals surface area contributed by atoms with Crippen LogP contribution in [0, 0.1) is 0 Å². The molecule has 3 heterocycles. The van der Waals surface area contributed by atoms with Crippen molar-refractivity contribution >= 4 is 10.0 Å². The van der Waals surface area contributed by atoms with E-state index in [1.54, 1.807) is 17.5 Å². The highest BCUT2D eigenvalue weighted by atomic mass is 32.2. The molecule has 8 heteroatoms. The normalized spacial score (nSPS) is 25.7. The van der Waals surface area contributed by atoms with Gasteiger partial charge >= 0.3 is 0 Å².